The SMILES string of the molecule is CC(C)Cc1cc(C(=O)O)ccc1N. The first-order valence-electron chi connectivity index (χ1n) is 4.62. The van der Waals surface area contributed by atoms with Crippen molar-refractivity contribution in [2.24, 2.45) is 5.92 Å². The number of anilines is 1. The molecule has 0 aliphatic heterocycles. The number of carbonyl (C=O) groups is 1. The fraction of sp³-hybridized carbons (Fsp3) is 0.364. The largest absolute Gasteiger partial charge is 0.478 e. The van der Waals surface area contributed by atoms with Gasteiger partial charge in [-0.15, -0.1) is 0 Å². The number of carboxylic acids is 1. The van der Waals surface area contributed by atoms with Crippen molar-refractivity contribution in [2.75, 3.05) is 5.73 Å². The molecule has 3 heteroatoms. The van der Waals surface area contributed by atoms with Gasteiger partial charge < -0.3 is 10.8 Å². The van der Waals surface area contributed by atoms with Crippen molar-refractivity contribution >= 4 is 11.7 Å². The van der Waals surface area contributed by atoms with Crippen molar-refractivity contribution in [3.63, 3.8) is 0 Å². The summed E-state index contributed by atoms with van der Waals surface area (Å²) in [5, 5.41) is 8.79. The van der Waals surface area contributed by atoms with Gasteiger partial charge in [0.15, 0.2) is 0 Å². The van der Waals surface area contributed by atoms with Crippen LogP contribution in [0.2, 0.25) is 0 Å². The number of benzene rings is 1. The normalized spacial score (nSPS) is 10.5. The molecule has 1 aromatic rings. The molecule has 0 aliphatic carbocycles. The maximum atomic E-state index is 10.7. The summed E-state index contributed by atoms with van der Waals surface area (Å²) >= 11 is 0. The first kappa shape index (κ1) is 10.6. The van der Waals surface area contributed by atoms with Gasteiger partial charge in [-0.2, -0.15) is 0 Å². The molecule has 1 rings (SSSR count). The summed E-state index contributed by atoms with van der Waals surface area (Å²) in [6.45, 7) is 4.15. The minimum Gasteiger partial charge on any atom is -0.478 e. The lowest BCUT2D eigenvalue weighted by molar-refractivity contribution is 0.0697. The third kappa shape index (κ3) is 2.49. The minimum absolute atomic E-state index is 0.301. The Hall–Kier alpha value is -1.51. The van der Waals surface area contributed by atoms with E-state index in [0.717, 1.165) is 12.0 Å². The van der Waals surface area contributed by atoms with Gasteiger partial charge in [0.05, 0.1) is 5.56 Å². The number of nitrogen functional groups attached to an aromatic ring is 1. The molecule has 0 bridgehead atoms. The lowest BCUT2D eigenvalue weighted by Gasteiger charge is -2.08. The summed E-state index contributed by atoms with van der Waals surface area (Å²) in [6, 6.07) is 4.83. The van der Waals surface area contributed by atoms with Gasteiger partial charge in [-0.1, -0.05) is 13.8 Å². The zero-order valence-electron chi connectivity index (χ0n) is 8.45. The number of hydrogen-bond donors (Lipinski definition) is 2. The molecule has 0 heterocycles. The van der Waals surface area contributed by atoms with Gasteiger partial charge in [0.25, 0.3) is 0 Å². The summed E-state index contributed by atoms with van der Waals surface area (Å²) in [4.78, 5) is 10.7. The molecule has 0 atom stereocenters. The number of hydrogen-bond acceptors (Lipinski definition) is 2. The molecule has 0 fully saturated rings. The monoisotopic (exact) mass is 193 g/mol. The number of carboxylic acid groups (broad SMARTS) is 1. The second kappa shape index (κ2) is 4.13. The van der Waals surface area contributed by atoms with E-state index >= 15 is 0 Å². The molecule has 3 nitrogen and oxygen atoms in total. The Balaban J connectivity index is 3.02. The standard InChI is InChI=1S/C11H15NO2/c1-7(2)5-9-6-8(11(13)14)3-4-10(9)12/h3-4,6-7H,5,12H2,1-2H3,(H,13,14). The van der Waals surface area contributed by atoms with Crippen LogP contribution in [-0.4, -0.2) is 11.1 Å². The van der Waals surface area contributed by atoms with Crippen molar-refractivity contribution in [3.05, 3.63) is 29.3 Å². The van der Waals surface area contributed by atoms with Crippen LogP contribution >= 0.6 is 0 Å². The second-order valence-electron chi connectivity index (χ2n) is 3.82. The minimum atomic E-state index is -0.907. The topological polar surface area (TPSA) is 63.3 Å². The quantitative estimate of drug-likeness (QED) is 0.723. The van der Waals surface area contributed by atoms with E-state index in [2.05, 4.69) is 13.8 Å². The van der Waals surface area contributed by atoms with Crippen LogP contribution in [0.1, 0.15) is 29.8 Å². The van der Waals surface area contributed by atoms with Crippen LogP contribution in [0.3, 0.4) is 0 Å². The van der Waals surface area contributed by atoms with E-state index in [9.17, 15) is 4.79 Å². The van der Waals surface area contributed by atoms with Crippen molar-refractivity contribution in [2.45, 2.75) is 20.3 Å². The van der Waals surface area contributed by atoms with Crippen molar-refractivity contribution < 1.29 is 9.90 Å². The van der Waals surface area contributed by atoms with Crippen LogP contribution in [0.15, 0.2) is 18.2 Å². The Labute approximate surface area is 83.6 Å². The molecule has 0 unspecified atom stereocenters. The molecule has 76 valence electrons. The smallest absolute Gasteiger partial charge is 0.335 e. The van der Waals surface area contributed by atoms with E-state index in [0.29, 0.717) is 17.2 Å². The van der Waals surface area contributed by atoms with Gasteiger partial charge in [0.1, 0.15) is 0 Å². The molecule has 0 saturated heterocycles. The predicted molar refractivity (Wildman–Crippen MR) is 56.4 cm³/mol. The van der Waals surface area contributed by atoms with E-state index in [-0.39, 0.29) is 0 Å². The van der Waals surface area contributed by atoms with Crippen molar-refractivity contribution in [1.82, 2.24) is 0 Å². The number of rotatable bonds is 3. The van der Waals surface area contributed by atoms with Crippen LogP contribution in [0.4, 0.5) is 5.69 Å². The molecule has 0 saturated carbocycles. The summed E-state index contributed by atoms with van der Waals surface area (Å²) in [5.41, 5.74) is 7.63. The van der Waals surface area contributed by atoms with Crippen molar-refractivity contribution in [1.29, 1.82) is 0 Å². The van der Waals surface area contributed by atoms with Gasteiger partial charge in [-0.05, 0) is 36.1 Å². The maximum Gasteiger partial charge on any atom is 0.335 e. The second-order valence-corrected chi connectivity index (χ2v) is 3.82. The van der Waals surface area contributed by atoms with Gasteiger partial charge in [0.2, 0.25) is 0 Å². The van der Waals surface area contributed by atoms with Crippen LogP contribution in [0, 0.1) is 5.92 Å². The summed E-state index contributed by atoms with van der Waals surface area (Å²) in [6.07, 6.45) is 0.812. The fourth-order valence-corrected chi connectivity index (χ4v) is 1.36. The van der Waals surface area contributed by atoms with Crippen molar-refractivity contribution in [3.8, 4) is 0 Å². The van der Waals surface area contributed by atoms with Crippen LogP contribution < -0.4 is 5.73 Å². The van der Waals surface area contributed by atoms with Crippen LogP contribution in [0.5, 0.6) is 0 Å². The Morgan fingerprint density at radius 2 is 2.14 bits per heavy atom. The molecule has 1 aromatic carbocycles. The van der Waals surface area contributed by atoms with E-state index in [1.54, 1.807) is 12.1 Å². The van der Waals surface area contributed by atoms with E-state index in [1.807, 2.05) is 0 Å². The lowest BCUT2D eigenvalue weighted by Crippen LogP contribution is -2.03. The van der Waals surface area contributed by atoms with E-state index in [1.165, 1.54) is 6.07 Å². The molecule has 0 radical (unpaired) electrons. The molecular weight excluding hydrogens is 178 g/mol. The Kier molecular flexibility index (Phi) is 3.12. The van der Waals surface area contributed by atoms with Crippen LogP contribution in [0.25, 0.3) is 0 Å². The fourth-order valence-electron chi connectivity index (χ4n) is 1.36. The molecule has 3 N–H and O–H groups in total. The predicted octanol–water partition coefficient (Wildman–Crippen LogP) is 2.17. The van der Waals surface area contributed by atoms with Crippen LogP contribution in [-0.2, 0) is 6.42 Å². The van der Waals surface area contributed by atoms with E-state index < -0.39 is 5.97 Å². The summed E-state index contributed by atoms with van der Waals surface area (Å²) < 4.78 is 0. The average Bonchev–Trinajstić information content (AvgIpc) is 2.07. The molecule has 0 spiro atoms. The third-order valence-corrected chi connectivity index (χ3v) is 2.02. The highest BCUT2D eigenvalue weighted by atomic mass is 16.4. The van der Waals surface area contributed by atoms with Gasteiger partial charge in [-0.3, -0.25) is 0 Å². The average molecular weight is 193 g/mol. The molecule has 0 aromatic heterocycles. The number of nitrogens with two attached hydrogens (primary N) is 1. The first-order valence-corrected chi connectivity index (χ1v) is 4.62. The van der Waals surface area contributed by atoms with Gasteiger partial charge in [0, 0.05) is 5.69 Å². The summed E-state index contributed by atoms with van der Waals surface area (Å²) in [5.74, 6) is -0.434. The summed E-state index contributed by atoms with van der Waals surface area (Å²) in [7, 11) is 0. The highest BCUT2D eigenvalue weighted by molar-refractivity contribution is 5.88. The Morgan fingerprint density at radius 1 is 1.50 bits per heavy atom. The van der Waals surface area contributed by atoms with Gasteiger partial charge in [-0.25, -0.2) is 4.79 Å². The lowest BCUT2D eigenvalue weighted by atomic mass is 9.99. The first-order chi connectivity index (χ1) is 6.50. The zero-order valence-corrected chi connectivity index (χ0v) is 8.45. The zero-order chi connectivity index (χ0) is 10.7. The highest BCUT2D eigenvalue weighted by Crippen LogP contribution is 2.18. The highest BCUT2D eigenvalue weighted by Gasteiger charge is 2.07. The third-order valence-electron chi connectivity index (χ3n) is 2.02. The molecule has 14 heavy (non-hydrogen) atoms. The Morgan fingerprint density at radius 3 is 2.64 bits per heavy atom. The van der Waals surface area contributed by atoms with E-state index in [4.69, 9.17) is 10.8 Å². The number of aromatic carboxylic acids is 1. The Bertz CT molecular complexity index is 345. The molecule has 0 aliphatic rings. The molecule has 0 amide bonds. The molecular formula is C11H15NO2. The van der Waals surface area contributed by atoms with Gasteiger partial charge >= 0.3 is 5.97 Å². The maximum absolute atomic E-state index is 10.7.